The Morgan fingerprint density at radius 3 is 2.34 bits per heavy atom. The maximum atomic E-state index is 13.1. The Balaban J connectivity index is 1.76. The van der Waals surface area contributed by atoms with Crippen LogP contribution in [-0.4, -0.2) is 38.1 Å². The molecule has 1 amide bonds. The molecule has 3 N–H and O–H groups in total. The van der Waals surface area contributed by atoms with Gasteiger partial charge in [0.2, 0.25) is 5.91 Å². The Morgan fingerprint density at radius 2 is 1.69 bits per heavy atom. The molecule has 2 atom stereocenters. The first-order chi connectivity index (χ1) is 13.9. The second kappa shape index (κ2) is 8.80. The van der Waals surface area contributed by atoms with Crippen LogP contribution in [0, 0.1) is 5.82 Å². The summed E-state index contributed by atoms with van der Waals surface area (Å²) in [6.07, 6.45) is 0.404. The minimum absolute atomic E-state index is 0.106. The van der Waals surface area contributed by atoms with Crippen molar-refractivity contribution in [2.75, 3.05) is 19.5 Å². The van der Waals surface area contributed by atoms with E-state index in [0.29, 0.717) is 6.42 Å². The fourth-order valence-corrected chi connectivity index (χ4v) is 3.04. The van der Waals surface area contributed by atoms with Crippen LogP contribution in [0.3, 0.4) is 0 Å². The van der Waals surface area contributed by atoms with Crippen LogP contribution in [0.4, 0.5) is 10.1 Å². The van der Waals surface area contributed by atoms with Gasteiger partial charge in [0.05, 0.1) is 31.0 Å². The second-order valence-electron chi connectivity index (χ2n) is 6.41. The molecular formula is C20H20FN3O5. The molecule has 3 rings (SSSR count). The van der Waals surface area contributed by atoms with Crippen LogP contribution < -0.4 is 16.2 Å². The van der Waals surface area contributed by atoms with Gasteiger partial charge in [-0.1, -0.05) is 12.1 Å². The first-order valence-electron chi connectivity index (χ1n) is 8.81. The van der Waals surface area contributed by atoms with Gasteiger partial charge in [0.15, 0.2) is 0 Å². The number of hydrogen-bond donors (Lipinski definition) is 3. The molecule has 1 aliphatic rings. The molecule has 0 aliphatic carbocycles. The number of esters is 2. The van der Waals surface area contributed by atoms with Crippen LogP contribution in [0.2, 0.25) is 0 Å². The first-order valence-corrected chi connectivity index (χ1v) is 8.81. The minimum atomic E-state index is -0.654. The first kappa shape index (κ1) is 20.4. The lowest BCUT2D eigenvalue weighted by Crippen LogP contribution is -2.39. The highest BCUT2D eigenvalue weighted by Crippen LogP contribution is 2.25. The molecule has 0 radical (unpaired) electrons. The molecular weight excluding hydrogens is 381 g/mol. The normalized spacial score (nSPS) is 18.2. The van der Waals surface area contributed by atoms with Gasteiger partial charge in [-0.2, -0.15) is 0 Å². The Morgan fingerprint density at radius 1 is 1.00 bits per heavy atom. The molecule has 0 saturated carbocycles. The van der Waals surface area contributed by atoms with E-state index in [-0.39, 0.29) is 28.7 Å². The summed E-state index contributed by atoms with van der Waals surface area (Å²) in [4.78, 5) is 36.5. The van der Waals surface area contributed by atoms with Gasteiger partial charge in [-0.05, 0) is 42.3 Å². The maximum absolute atomic E-state index is 13.1. The van der Waals surface area contributed by atoms with E-state index in [0.717, 1.165) is 5.56 Å². The van der Waals surface area contributed by atoms with Crippen LogP contribution >= 0.6 is 0 Å². The summed E-state index contributed by atoms with van der Waals surface area (Å²) in [6, 6.07) is 9.34. The van der Waals surface area contributed by atoms with Crippen molar-refractivity contribution < 1.29 is 28.2 Å². The molecule has 2 aromatic carbocycles. The lowest BCUT2D eigenvalue weighted by molar-refractivity contribution is -0.117. The highest BCUT2D eigenvalue weighted by atomic mass is 19.1. The molecule has 2 unspecified atom stereocenters. The fourth-order valence-electron chi connectivity index (χ4n) is 3.04. The summed E-state index contributed by atoms with van der Waals surface area (Å²) in [5.74, 6) is -2.00. The molecule has 1 saturated heterocycles. The molecule has 8 nitrogen and oxygen atoms in total. The molecule has 1 aliphatic heterocycles. The summed E-state index contributed by atoms with van der Waals surface area (Å²) in [5.41, 5.74) is 7.14. The number of carbonyl (C=O) groups is 3. The molecule has 0 aromatic heterocycles. The van der Waals surface area contributed by atoms with E-state index in [9.17, 15) is 18.8 Å². The highest BCUT2D eigenvalue weighted by Gasteiger charge is 2.31. The van der Waals surface area contributed by atoms with Crippen LogP contribution in [0.15, 0.2) is 42.5 Å². The number of ether oxygens (including phenoxy) is 2. The van der Waals surface area contributed by atoms with Crippen molar-refractivity contribution in [2.45, 2.75) is 18.5 Å². The lowest BCUT2D eigenvalue weighted by Gasteiger charge is -2.14. The van der Waals surface area contributed by atoms with Crippen molar-refractivity contribution in [2.24, 2.45) is 0 Å². The lowest BCUT2D eigenvalue weighted by atomic mass is 10.0. The number of amides is 1. The zero-order valence-electron chi connectivity index (χ0n) is 15.8. The summed E-state index contributed by atoms with van der Waals surface area (Å²) in [7, 11) is 2.45. The van der Waals surface area contributed by atoms with E-state index in [1.165, 1.54) is 44.6 Å². The Bertz CT molecular complexity index is 932. The van der Waals surface area contributed by atoms with Crippen molar-refractivity contribution in [1.29, 1.82) is 0 Å². The number of hydrogen-bond acceptors (Lipinski definition) is 7. The van der Waals surface area contributed by atoms with Crippen molar-refractivity contribution in [3.63, 3.8) is 0 Å². The third-order valence-electron chi connectivity index (χ3n) is 4.60. The SMILES string of the molecule is COC(=O)c1ccc(C(=O)OC)c(NC(=O)C2CC(c3ccc(F)cc3)NN2)c1. The summed E-state index contributed by atoms with van der Waals surface area (Å²) >= 11 is 0. The molecule has 29 heavy (non-hydrogen) atoms. The number of nitrogens with one attached hydrogen (secondary N) is 3. The Labute approximate surface area is 166 Å². The number of benzene rings is 2. The standard InChI is InChI=1S/C20H20FN3O5/c1-28-19(26)12-5-8-14(20(27)29-2)16(9-12)22-18(25)17-10-15(23-24-17)11-3-6-13(21)7-4-11/h3-9,15,17,23-24H,10H2,1-2H3,(H,22,25). The van der Waals surface area contributed by atoms with Crippen LogP contribution in [0.5, 0.6) is 0 Å². The van der Waals surface area contributed by atoms with Crippen molar-refractivity contribution in [3.05, 3.63) is 65.0 Å². The third kappa shape index (κ3) is 4.58. The average Bonchev–Trinajstić information content (AvgIpc) is 3.23. The van der Waals surface area contributed by atoms with Crippen LogP contribution in [-0.2, 0) is 14.3 Å². The second-order valence-corrected chi connectivity index (χ2v) is 6.41. The largest absolute Gasteiger partial charge is 0.465 e. The third-order valence-corrected chi connectivity index (χ3v) is 4.60. The van der Waals surface area contributed by atoms with E-state index >= 15 is 0 Å². The van der Waals surface area contributed by atoms with E-state index in [2.05, 4.69) is 20.9 Å². The summed E-state index contributed by atoms with van der Waals surface area (Å²) in [5, 5.41) is 2.66. The zero-order valence-corrected chi connectivity index (χ0v) is 15.8. The molecule has 2 aromatic rings. The van der Waals surface area contributed by atoms with Gasteiger partial charge in [-0.15, -0.1) is 0 Å². The average molecular weight is 401 g/mol. The molecule has 9 heteroatoms. The van der Waals surface area contributed by atoms with Crippen LogP contribution in [0.25, 0.3) is 0 Å². The van der Waals surface area contributed by atoms with Gasteiger partial charge in [0.1, 0.15) is 11.9 Å². The number of carbonyl (C=O) groups excluding carboxylic acids is 3. The number of halogens is 1. The number of anilines is 1. The van der Waals surface area contributed by atoms with Gasteiger partial charge in [0, 0.05) is 6.04 Å². The fraction of sp³-hybridized carbons (Fsp3) is 0.250. The van der Waals surface area contributed by atoms with Gasteiger partial charge in [-0.25, -0.2) is 24.8 Å². The van der Waals surface area contributed by atoms with Gasteiger partial charge < -0.3 is 14.8 Å². The van der Waals surface area contributed by atoms with Gasteiger partial charge >= 0.3 is 11.9 Å². The Kier molecular flexibility index (Phi) is 6.20. The van der Waals surface area contributed by atoms with Crippen LogP contribution in [0.1, 0.15) is 38.7 Å². The van der Waals surface area contributed by atoms with Crippen molar-refractivity contribution in [3.8, 4) is 0 Å². The topological polar surface area (TPSA) is 106 Å². The van der Waals surface area contributed by atoms with E-state index < -0.39 is 23.9 Å². The van der Waals surface area contributed by atoms with E-state index in [1.807, 2.05) is 0 Å². The van der Waals surface area contributed by atoms with Gasteiger partial charge in [0.25, 0.3) is 0 Å². The number of hydrazine groups is 1. The summed E-state index contributed by atoms with van der Waals surface area (Å²) in [6.45, 7) is 0. The molecule has 1 heterocycles. The highest BCUT2D eigenvalue weighted by molar-refractivity contribution is 6.04. The number of rotatable bonds is 5. The molecule has 1 fully saturated rings. The van der Waals surface area contributed by atoms with Crippen molar-refractivity contribution in [1.82, 2.24) is 10.9 Å². The molecule has 0 bridgehead atoms. The molecule has 0 spiro atoms. The van der Waals surface area contributed by atoms with Gasteiger partial charge in [-0.3, -0.25) is 4.79 Å². The van der Waals surface area contributed by atoms with Crippen molar-refractivity contribution >= 4 is 23.5 Å². The molecule has 152 valence electrons. The quantitative estimate of drug-likeness (QED) is 0.658. The predicted octanol–water partition coefficient (Wildman–Crippen LogP) is 1.95. The smallest absolute Gasteiger partial charge is 0.339 e. The predicted molar refractivity (Wildman–Crippen MR) is 102 cm³/mol. The minimum Gasteiger partial charge on any atom is -0.465 e. The zero-order chi connectivity index (χ0) is 21.0. The van der Waals surface area contributed by atoms with E-state index in [1.54, 1.807) is 12.1 Å². The monoisotopic (exact) mass is 401 g/mol. The maximum Gasteiger partial charge on any atom is 0.339 e. The summed E-state index contributed by atoms with van der Waals surface area (Å²) < 4.78 is 22.5. The Hall–Kier alpha value is -3.30. The van der Waals surface area contributed by atoms with E-state index in [4.69, 9.17) is 4.74 Å². The number of methoxy groups -OCH3 is 2.